The molecule has 0 N–H and O–H groups in total. The Morgan fingerprint density at radius 3 is 2.82 bits per heavy atom. The second-order valence-corrected chi connectivity index (χ2v) is 7.13. The number of benzene rings is 1. The molecule has 0 aliphatic carbocycles. The van der Waals surface area contributed by atoms with Gasteiger partial charge in [0.2, 0.25) is 5.89 Å². The van der Waals surface area contributed by atoms with E-state index in [-0.39, 0.29) is 0 Å². The van der Waals surface area contributed by atoms with Crippen molar-refractivity contribution in [2.45, 2.75) is 5.75 Å². The van der Waals surface area contributed by atoms with Crippen LogP contribution in [0.5, 0.6) is 0 Å². The molecule has 3 aromatic rings. The first kappa shape index (κ1) is 14.9. The third-order valence-corrected chi connectivity index (χ3v) is 5.02. The summed E-state index contributed by atoms with van der Waals surface area (Å²) in [5, 5.41) is 1.98. The van der Waals surface area contributed by atoms with Gasteiger partial charge in [0, 0.05) is 16.6 Å². The van der Waals surface area contributed by atoms with Crippen LogP contribution in [0.15, 0.2) is 64.6 Å². The third kappa shape index (κ3) is 4.02. The molecule has 1 aromatic carbocycles. The molecule has 0 radical (unpaired) electrons. The largest absolute Gasteiger partial charge is 0.444 e. The zero-order chi connectivity index (χ0) is 15.2. The highest BCUT2D eigenvalue weighted by Gasteiger charge is 2.09. The van der Waals surface area contributed by atoms with E-state index in [2.05, 4.69) is 4.98 Å². The van der Waals surface area contributed by atoms with Crippen LogP contribution in [0.2, 0.25) is 0 Å². The predicted molar refractivity (Wildman–Crippen MR) is 92.0 cm³/mol. The highest BCUT2D eigenvalue weighted by molar-refractivity contribution is 7.84. The van der Waals surface area contributed by atoms with Crippen molar-refractivity contribution in [3.63, 3.8) is 0 Å². The summed E-state index contributed by atoms with van der Waals surface area (Å²) in [5.74, 6) is 1.52. The van der Waals surface area contributed by atoms with Crippen LogP contribution in [0.1, 0.15) is 11.3 Å². The lowest BCUT2D eigenvalue weighted by atomic mass is 10.2. The van der Waals surface area contributed by atoms with Crippen LogP contribution >= 0.6 is 11.3 Å². The summed E-state index contributed by atoms with van der Waals surface area (Å²) in [4.78, 5) is 5.37. The van der Waals surface area contributed by atoms with Gasteiger partial charge in [0.25, 0.3) is 0 Å². The van der Waals surface area contributed by atoms with Crippen LogP contribution in [-0.2, 0) is 16.6 Å². The van der Waals surface area contributed by atoms with Crippen LogP contribution < -0.4 is 0 Å². The van der Waals surface area contributed by atoms with Crippen LogP contribution in [0.4, 0.5) is 0 Å². The Morgan fingerprint density at radius 2 is 2.05 bits per heavy atom. The molecule has 0 saturated heterocycles. The van der Waals surface area contributed by atoms with Crippen molar-refractivity contribution >= 4 is 28.2 Å². The summed E-state index contributed by atoms with van der Waals surface area (Å²) < 4.78 is 17.5. The number of aromatic nitrogens is 1. The molecule has 0 amide bonds. The summed E-state index contributed by atoms with van der Waals surface area (Å²) in [6.07, 6.45) is 5.51. The molecule has 0 aliphatic rings. The highest BCUT2D eigenvalue weighted by Crippen LogP contribution is 2.23. The molecule has 1 atom stereocenters. The minimum atomic E-state index is -0.984. The van der Waals surface area contributed by atoms with Gasteiger partial charge in [0.05, 0.1) is 16.3 Å². The van der Waals surface area contributed by atoms with Crippen molar-refractivity contribution in [2.75, 3.05) is 5.75 Å². The van der Waals surface area contributed by atoms with Gasteiger partial charge in [-0.25, -0.2) is 4.98 Å². The van der Waals surface area contributed by atoms with Crippen LogP contribution in [0.25, 0.3) is 16.8 Å². The van der Waals surface area contributed by atoms with Crippen molar-refractivity contribution in [2.24, 2.45) is 0 Å². The first-order valence-electron chi connectivity index (χ1n) is 6.86. The molecule has 0 fully saturated rings. The van der Waals surface area contributed by atoms with E-state index in [0.717, 1.165) is 16.1 Å². The molecular formula is C17H15NO2S2. The number of thiophene rings is 1. The maximum atomic E-state index is 12.1. The Bertz CT molecular complexity index is 761. The van der Waals surface area contributed by atoms with Gasteiger partial charge in [-0.3, -0.25) is 4.21 Å². The topological polar surface area (TPSA) is 43.1 Å². The Morgan fingerprint density at radius 1 is 1.18 bits per heavy atom. The van der Waals surface area contributed by atoms with Gasteiger partial charge in [-0.05, 0) is 17.0 Å². The molecule has 112 valence electrons. The summed E-state index contributed by atoms with van der Waals surface area (Å²) in [5.41, 5.74) is 1.84. The number of nitrogens with zero attached hydrogens (tertiary/aromatic N) is 1. The molecular weight excluding hydrogens is 314 g/mol. The lowest BCUT2D eigenvalue weighted by Crippen LogP contribution is -1.98. The maximum Gasteiger partial charge on any atom is 0.236 e. The smallest absolute Gasteiger partial charge is 0.236 e. The van der Waals surface area contributed by atoms with Crippen LogP contribution in [0.3, 0.4) is 0 Å². The van der Waals surface area contributed by atoms with E-state index in [0.29, 0.717) is 17.4 Å². The fourth-order valence-corrected chi connectivity index (χ4v) is 3.51. The van der Waals surface area contributed by atoms with Gasteiger partial charge in [0.1, 0.15) is 6.26 Å². The summed E-state index contributed by atoms with van der Waals surface area (Å²) in [6, 6.07) is 13.9. The van der Waals surface area contributed by atoms with E-state index < -0.39 is 10.8 Å². The second kappa shape index (κ2) is 7.33. The molecule has 2 aromatic heterocycles. The van der Waals surface area contributed by atoms with Crippen molar-refractivity contribution in [3.05, 3.63) is 71.4 Å². The highest BCUT2D eigenvalue weighted by atomic mass is 32.2. The lowest BCUT2D eigenvalue weighted by Gasteiger charge is -1.95. The van der Waals surface area contributed by atoms with E-state index >= 15 is 0 Å². The monoisotopic (exact) mass is 329 g/mol. The Labute approximate surface area is 135 Å². The molecule has 0 spiro atoms. The van der Waals surface area contributed by atoms with E-state index in [4.69, 9.17) is 4.42 Å². The maximum absolute atomic E-state index is 12.1. The van der Waals surface area contributed by atoms with E-state index in [9.17, 15) is 4.21 Å². The van der Waals surface area contributed by atoms with Crippen LogP contribution in [0, 0.1) is 0 Å². The minimum Gasteiger partial charge on any atom is -0.444 e. The van der Waals surface area contributed by atoms with E-state index in [1.165, 1.54) is 0 Å². The Kier molecular flexibility index (Phi) is 4.98. The molecule has 0 bridgehead atoms. The van der Waals surface area contributed by atoms with Crippen molar-refractivity contribution in [1.29, 1.82) is 0 Å². The first-order chi connectivity index (χ1) is 10.8. The van der Waals surface area contributed by atoms with Gasteiger partial charge < -0.3 is 4.42 Å². The zero-order valence-corrected chi connectivity index (χ0v) is 13.5. The Balaban J connectivity index is 1.55. The number of hydrogen-bond acceptors (Lipinski definition) is 4. The van der Waals surface area contributed by atoms with Crippen molar-refractivity contribution in [1.82, 2.24) is 4.98 Å². The summed E-state index contributed by atoms with van der Waals surface area (Å²) in [7, 11) is -0.984. The first-order valence-corrected chi connectivity index (χ1v) is 9.23. The molecule has 1 unspecified atom stereocenters. The van der Waals surface area contributed by atoms with Gasteiger partial charge in [-0.1, -0.05) is 48.6 Å². The second-order valence-electron chi connectivity index (χ2n) is 4.69. The average molecular weight is 329 g/mol. The Hall–Kier alpha value is -1.98. The number of hydrogen-bond donors (Lipinski definition) is 0. The van der Waals surface area contributed by atoms with Crippen LogP contribution in [-0.4, -0.2) is 14.9 Å². The SMILES string of the molecule is O=S(CC=Cc1ccccc1)Cc1coc(-c2cccs2)n1. The summed E-state index contributed by atoms with van der Waals surface area (Å²) >= 11 is 1.58. The molecule has 0 aliphatic heterocycles. The fraction of sp³-hybridized carbons (Fsp3) is 0.118. The number of rotatable bonds is 6. The molecule has 3 rings (SSSR count). The van der Waals surface area contributed by atoms with Gasteiger partial charge in [-0.15, -0.1) is 11.3 Å². The lowest BCUT2D eigenvalue weighted by molar-refractivity contribution is 0.574. The van der Waals surface area contributed by atoms with Gasteiger partial charge >= 0.3 is 0 Å². The minimum absolute atomic E-state index is 0.411. The van der Waals surface area contributed by atoms with E-state index in [1.807, 2.05) is 60.0 Å². The van der Waals surface area contributed by atoms with E-state index in [1.54, 1.807) is 17.6 Å². The molecule has 22 heavy (non-hydrogen) atoms. The van der Waals surface area contributed by atoms with Gasteiger partial charge in [0.15, 0.2) is 0 Å². The standard InChI is InChI=1S/C17H15NO2S2/c19-22(11-5-8-14-6-2-1-3-7-14)13-15-12-20-17(18-15)16-9-4-10-21-16/h1-10,12H,11,13H2. The van der Waals surface area contributed by atoms with Gasteiger partial charge in [-0.2, -0.15) is 0 Å². The summed E-state index contributed by atoms with van der Waals surface area (Å²) in [6.45, 7) is 0. The number of oxazole rings is 1. The van der Waals surface area contributed by atoms with Crippen molar-refractivity contribution < 1.29 is 8.63 Å². The molecule has 2 heterocycles. The van der Waals surface area contributed by atoms with Crippen molar-refractivity contribution in [3.8, 4) is 10.8 Å². The molecule has 5 heteroatoms. The average Bonchev–Trinajstić information content (AvgIpc) is 3.19. The predicted octanol–water partition coefficient (Wildman–Crippen LogP) is 4.37. The third-order valence-electron chi connectivity index (χ3n) is 2.98. The molecule has 3 nitrogen and oxygen atoms in total. The normalized spacial score (nSPS) is 12.7. The fourth-order valence-electron chi connectivity index (χ4n) is 1.97. The zero-order valence-electron chi connectivity index (χ0n) is 11.8. The quantitative estimate of drug-likeness (QED) is 0.674. The molecule has 0 saturated carbocycles.